The molecule has 2 aromatic rings. The third kappa shape index (κ3) is 6.30. The van der Waals surface area contributed by atoms with Crippen LogP contribution >= 0.6 is 11.8 Å². The fourth-order valence-corrected chi connectivity index (χ4v) is 3.79. The van der Waals surface area contributed by atoms with Gasteiger partial charge in [-0.25, -0.2) is 0 Å². The molecule has 150 valence electrons. The molecule has 0 bridgehead atoms. The van der Waals surface area contributed by atoms with E-state index in [4.69, 9.17) is 10.5 Å². The number of benzene rings is 2. The highest BCUT2D eigenvalue weighted by atomic mass is 32.2. The molecular weight excluding hydrogens is 372 g/mol. The second-order valence-electron chi connectivity index (χ2n) is 6.98. The first-order chi connectivity index (χ1) is 13.3. The molecule has 0 heterocycles. The van der Waals surface area contributed by atoms with Crippen LogP contribution in [0.3, 0.4) is 0 Å². The highest BCUT2D eigenvalue weighted by molar-refractivity contribution is 7.99. The molecule has 2 aromatic carbocycles. The highest BCUT2D eigenvalue weighted by Crippen LogP contribution is 2.28. The molecule has 0 radical (unpaired) electrons. The average Bonchev–Trinajstić information content (AvgIpc) is 2.62. The van der Waals surface area contributed by atoms with Crippen molar-refractivity contribution in [2.24, 2.45) is 5.73 Å². The molecule has 3 N–H and O–H groups in total. The minimum Gasteiger partial charge on any atom is -0.481 e. The van der Waals surface area contributed by atoms with Gasteiger partial charge < -0.3 is 15.8 Å². The van der Waals surface area contributed by atoms with Crippen molar-refractivity contribution in [3.8, 4) is 5.75 Å². The predicted molar refractivity (Wildman–Crippen MR) is 115 cm³/mol. The van der Waals surface area contributed by atoms with Crippen LogP contribution in [0.4, 0.5) is 5.69 Å². The number of amides is 2. The molecule has 0 aliphatic heterocycles. The zero-order valence-corrected chi connectivity index (χ0v) is 17.6. The summed E-state index contributed by atoms with van der Waals surface area (Å²) in [5, 5.41) is 2.91. The van der Waals surface area contributed by atoms with Crippen molar-refractivity contribution in [1.29, 1.82) is 0 Å². The number of carbonyl (C=O) groups is 2. The van der Waals surface area contributed by atoms with Crippen LogP contribution in [0.15, 0.2) is 47.4 Å². The summed E-state index contributed by atoms with van der Waals surface area (Å²) in [6, 6.07) is 13.4. The first kappa shape index (κ1) is 21.8. The first-order valence-electron chi connectivity index (χ1n) is 9.36. The van der Waals surface area contributed by atoms with Crippen LogP contribution in [0.1, 0.15) is 44.2 Å². The molecule has 2 rings (SSSR count). The number of nitrogens with two attached hydrogens (primary N) is 1. The summed E-state index contributed by atoms with van der Waals surface area (Å²) in [6.45, 7) is 8.08. The predicted octanol–water partition coefficient (Wildman–Crippen LogP) is 4.49. The van der Waals surface area contributed by atoms with Gasteiger partial charge in [0.15, 0.2) is 6.10 Å². The number of ether oxygens (including phenoxy) is 1. The topological polar surface area (TPSA) is 81.4 Å². The summed E-state index contributed by atoms with van der Waals surface area (Å²) in [6.07, 6.45) is -0.356. The minimum absolute atomic E-state index is 0.228. The normalized spacial score (nSPS) is 11.9. The Morgan fingerprint density at radius 3 is 2.50 bits per heavy atom. The summed E-state index contributed by atoms with van der Waals surface area (Å²) in [7, 11) is 0. The molecule has 0 fully saturated rings. The van der Waals surface area contributed by atoms with E-state index in [9.17, 15) is 9.59 Å². The fraction of sp³-hybridized carbons (Fsp3) is 0.364. The minimum atomic E-state index is -0.645. The van der Waals surface area contributed by atoms with Crippen LogP contribution in [-0.2, 0) is 9.59 Å². The van der Waals surface area contributed by atoms with Gasteiger partial charge in [-0.1, -0.05) is 32.0 Å². The smallest absolute Gasteiger partial charge is 0.265 e. The van der Waals surface area contributed by atoms with Gasteiger partial charge in [0, 0.05) is 17.1 Å². The molecule has 5 nitrogen and oxygen atoms in total. The molecule has 1 atom stereocenters. The van der Waals surface area contributed by atoms with Gasteiger partial charge in [-0.05, 0) is 55.2 Å². The Hall–Kier alpha value is -2.47. The van der Waals surface area contributed by atoms with E-state index in [0.717, 1.165) is 10.5 Å². The highest BCUT2D eigenvalue weighted by Gasteiger charge is 2.17. The third-order valence-electron chi connectivity index (χ3n) is 4.30. The Morgan fingerprint density at radius 1 is 1.14 bits per heavy atom. The van der Waals surface area contributed by atoms with Crippen molar-refractivity contribution in [2.45, 2.75) is 51.0 Å². The Balaban J connectivity index is 2.01. The SMILES string of the molecule is Cc1cc(OC(C)C(=O)Nc2ccccc2SCCC(N)=O)ccc1C(C)C. The zero-order valence-electron chi connectivity index (χ0n) is 16.8. The maximum Gasteiger partial charge on any atom is 0.265 e. The number of aryl methyl sites for hydroxylation is 1. The van der Waals surface area contributed by atoms with Gasteiger partial charge in [-0.15, -0.1) is 11.8 Å². The summed E-state index contributed by atoms with van der Waals surface area (Å²) in [5.41, 5.74) is 8.30. The Bertz CT molecular complexity index is 836. The molecule has 0 aliphatic carbocycles. The molecule has 2 amide bonds. The molecular formula is C22H28N2O3S. The fourth-order valence-electron chi connectivity index (χ4n) is 2.82. The maximum atomic E-state index is 12.6. The number of para-hydroxylation sites is 1. The van der Waals surface area contributed by atoms with Crippen LogP contribution in [0.25, 0.3) is 0 Å². The van der Waals surface area contributed by atoms with Gasteiger partial charge in [0.25, 0.3) is 5.91 Å². The van der Waals surface area contributed by atoms with Crippen molar-refractivity contribution in [3.63, 3.8) is 0 Å². The molecule has 0 aliphatic rings. The number of thioether (sulfide) groups is 1. The lowest BCUT2D eigenvalue weighted by molar-refractivity contribution is -0.122. The molecule has 0 saturated heterocycles. The Kier molecular flexibility index (Phi) is 7.93. The van der Waals surface area contributed by atoms with Gasteiger partial charge in [0.1, 0.15) is 5.75 Å². The molecule has 6 heteroatoms. The van der Waals surface area contributed by atoms with Gasteiger partial charge in [0.2, 0.25) is 5.91 Å². The molecule has 1 unspecified atom stereocenters. The van der Waals surface area contributed by atoms with E-state index < -0.39 is 6.10 Å². The maximum absolute atomic E-state index is 12.6. The van der Waals surface area contributed by atoms with E-state index >= 15 is 0 Å². The second-order valence-corrected chi connectivity index (χ2v) is 8.12. The van der Waals surface area contributed by atoms with E-state index in [0.29, 0.717) is 23.1 Å². The average molecular weight is 401 g/mol. The number of nitrogens with one attached hydrogen (secondary N) is 1. The zero-order chi connectivity index (χ0) is 20.7. The van der Waals surface area contributed by atoms with Crippen LogP contribution in [0, 0.1) is 6.92 Å². The van der Waals surface area contributed by atoms with Crippen LogP contribution in [-0.4, -0.2) is 23.7 Å². The first-order valence-corrected chi connectivity index (χ1v) is 10.3. The summed E-state index contributed by atoms with van der Waals surface area (Å²) in [5.74, 6) is 1.12. The lowest BCUT2D eigenvalue weighted by atomic mass is 9.98. The van der Waals surface area contributed by atoms with Crippen molar-refractivity contribution >= 4 is 29.3 Å². The molecule has 28 heavy (non-hydrogen) atoms. The Morgan fingerprint density at radius 2 is 1.86 bits per heavy atom. The lowest BCUT2D eigenvalue weighted by Crippen LogP contribution is -2.30. The summed E-state index contributed by atoms with van der Waals surface area (Å²) >= 11 is 1.48. The molecule has 0 spiro atoms. The van der Waals surface area contributed by atoms with Gasteiger partial charge in [0.05, 0.1) is 5.69 Å². The van der Waals surface area contributed by atoms with Crippen LogP contribution in [0.2, 0.25) is 0 Å². The van der Waals surface area contributed by atoms with E-state index in [1.54, 1.807) is 6.92 Å². The second kappa shape index (κ2) is 10.2. The summed E-state index contributed by atoms with van der Waals surface area (Å²) in [4.78, 5) is 24.4. The largest absolute Gasteiger partial charge is 0.481 e. The number of hydrogen-bond acceptors (Lipinski definition) is 4. The third-order valence-corrected chi connectivity index (χ3v) is 5.37. The van der Waals surface area contributed by atoms with E-state index in [2.05, 4.69) is 19.2 Å². The number of anilines is 1. The quantitative estimate of drug-likeness (QED) is 0.608. The molecule has 0 saturated carbocycles. The summed E-state index contributed by atoms with van der Waals surface area (Å²) < 4.78 is 5.84. The van der Waals surface area contributed by atoms with E-state index in [1.165, 1.54) is 17.3 Å². The van der Waals surface area contributed by atoms with Gasteiger partial charge in [-0.3, -0.25) is 9.59 Å². The van der Waals surface area contributed by atoms with Crippen LogP contribution in [0.5, 0.6) is 5.75 Å². The lowest BCUT2D eigenvalue weighted by Gasteiger charge is -2.18. The Labute approximate surface area is 171 Å². The van der Waals surface area contributed by atoms with Gasteiger partial charge in [-0.2, -0.15) is 0 Å². The number of rotatable bonds is 9. The van der Waals surface area contributed by atoms with E-state index in [-0.39, 0.29) is 18.2 Å². The van der Waals surface area contributed by atoms with Crippen molar-refractivity contribution in [1.82, 2.24) is 0 Å². The van der Waals surface area contributed by atoms with Crippen molar-refractivity contribution in [2.75, 3.05) is 11.1 Å². The standard InChI is InChI=1S/C22H28N2O3S/c1-14(2)18-10-9-17(13-15(18)3)27-16(4)22(26)24-19-7-5-6-8-20(19)28-12-11-21(23)25/h5-10,13-14,16H,11-12H2,1-4H3,(H2,23,25)(H,24,26). The van der Waals surface area contributed by atoms with Crippen molar-refractivity contribution in [3.05, 3.63) is 53.6 Å². The number of hydrogen-bond donors (Lipinski definition) is 2. The van der Waals surface area contributed by atoms with Gasteiger partial charge >= 0.3 is 0 Å². The molecule has 0 aromatic heterocycles. The van der Waals surface area contributed by atoms with Crippen LogP contribution < -0.4 is 15.8 Å². The monoisotopic (exact) mass is 400 g/mol. The van der Waals surface area contributed by atoms with Crippen molar-refractivity contribution < 1.29 is 14.3 Å². The number of carbonyl (C=O) groups excluding carboxylic acids is 2. The number of primary amides is 1. The van der Waals surface area contributed by atoms with E-state index in [1.807, 2.05) is 49.4 Å².